The summed E-state index contributed by atoms with van der Waals surface area (Å²) in [5.74, 6) is 2.93. The SMILES string of the molecule is CN=C(NCCCSc1nccs1)NCC(c1ccco1)N1CCCCC1.I. The summed E-state index contributed by atoms with van der Waals surface area (Å²) in [5.41, 5.74) is 0. The van der Waals surface area contributed by atoms with Crippen LogP contribution < -0.4 is 10.6 Å². The molecule has 28 heavy (non-hydrogen) atoms. The van der Waals surface area contributed by atoms with Crippen LogP contribution in [0.5, 0.6) is 0 Å². The normalized spacial score (nSPS) is 16.4. The number of furan rings is 1. The first-order valence-corrected chi connectivity index (χ1v) is 11.5. The van der Waals surface area contributed by atoms with Crippen LogP contribution in [0.3, 0.4) is 0 Å². The van der Waals surface area contributed by atoms with Gasteiger partial charge >= 0.3 is 0 Å². The van der Waals surface area contributed by atoms with Crippen LogP contribution in [0.25, 0.3) is 0 Å². The Kier molecular flexibility index (Phi) is 11.3. The van der Waals surface area contributed by atoms with E-state index in [4.69, 9.17) is 4.42 Å². The molecule has 1 aliphatic heterocycles. The van der Waals surface area contributed by atoms with Gasteiger partial charge in [0.25, 0.3) is 0 Å². The maximum absolute atomic E-state index is 5.71. The van der Waals surface area contributed by atoms with E-state index >= 15 is 0 Å². The van der Waals surface area contributed by atoms with Crippen molar-refractivity contribution in [3.63, 3.8) is 0 Å². The van der Waals surface area contributed by atoms with Gasteiger partial charge in [-0.2, -0.15) is 0 Å². The molecule has 3 heterocycles. The number of thiazole rings is 1. The van der Waals surface area contributed by atoms with Crippen LogP contribution in [0.4, 0.5) is 0 Å². The van der Waals surface area contributed by atoms with Crippen molar-refractivity contribution in [2.45, 2.75) is 36.1 Å². The third-order valence-electron chi connectivity index (χ3n) is 4.64. The number of likely N-dealkylation sites (tertiary alicyclic amines) is 1. The van der Waals surface area contributed by atoms with Gasteiger partial charge in [0, 0.05) is 37.5 Å². The molecule has 1 unspecified atom stereocenters. The van der Waals surface area contributed by atoms with Gasteiger partial charge in [-0.05, 0) is 44.5 Å². The number of nitrogens with one attached hydrogen (secondary N) is 2. The maximum Gasteiger partial charge on any atom is 0.191 e. The Morgan fingerprint density at radius 1 is 1.36 bits per heavy atom. The van der Waals surface area contributed by atoms with E-state index < -0.39 is 0 Å². The van der Waals surface area contributed by atoms with Crippen molar-refractivity contribution < 1.29 is 4.42 Å². The number of hydrogen-bond acceptors (Lipinski definition) is 6. The maximum atomic E-state index is 5.71. The summed E-state index contributed by atoms with van der Waals surface area (Å²) in [5, 5.41) is 8.91. The van der Waals surface area contributed by atoms with E-state index in [0.29, 0.717) is 0 Å². The topological polar surface area (TPSA) is 65.7 Å². The number of rotatable bonds is 9. The van der Waals surface area contributed by atoms with Crippen molar-refractivity contribution in [2.24, 2.45) is 4.99 Å². The van der Waals surface area contributed by atoms with Gasteiger partial charge in [0.1, 0.15) is 10.1 Å². The lowest BCUT2D eigenvalue weighted by Crippen LogP contribution is -2.44. The van der Waals surface area contributed by atoms with Crippen LogP contribution in [-0.4, -0.2) is 54.8 Å². The molecule has 2 aromatic rings. The number of guanidine groups is 1. The van der Waals surface area contributed by atoms with Crippen molar-refractivity contribution in [1.29, 1.82) is 0 Å². The second-order valence-electron chi connectivity index (χ2n) is 6.51. The number of aliphatic imine (C=N–C) groups is 1. The predicted octanol–water partition coefficient (Wildman–Crippen LogP) is 4.23. The number of hydrogen-bond donors (Lipinski definition) is 2. The van der Waals surface area contributed by atoms with E-state index in [2.05, 4.69) is 31.6 Å². The predicted molar refractivity (Wildman–Crippen MR) is 129 cm³/mol. The smallest absolute Gasteiger partial charge is 0.191 e. The van der Waals surface area contributed by atoms with Crippen LogP contribution in [0, 0.1) is 0 Å². The Morgan fingerprint density at radius 2 is 2.21 bits per heavy atom. The van der Waals surface area contributed by atoms with Crippen LogP contribution in [0.2, 0.25) is 0 Å². The van der Waals surface area contributed by atoms with E-state index in [0.717, 1.165) is 54.4 Å². The first kappa shape index (κ1) is 23.5. The molecule has 1 fully saturated rings. The van der Waals surface area contributed by atoms with E-state index in [-0.39, 0.29) is 30.0 Å². The van der Waals surface area contributed by atoms with Gasteiger partial charge < -0.3 is 15.1 Å². The standard InChI is InChI=1S/C19H29N5OS2.HI/c1-20-18(21-8-6-13-26-19-22-9-14-27-19)23-15-16(17-7-5-12-25-17)24-10-3-2-4-11-24;/h5,7,9,12,14,16H,2-4,6,8,10-11,13,15H2,1H3,(H2,20,21,23);1H. The summed E-state index contributed by atoms with van der Waals surface area (Å²) in [6.45, 7) is 3.95. The van der Waals surface area contributed by atoms with Gasteiger partial charge in [-0.25, -0.2) is 4.98 Å². The lowest BCUT2D eigenvalue weighted by molar-refractivity contribution is 0.146. The van der Waals surface area contributed by atoms with Crippen molar-refractivity contribution in [3.05, 3.63) is 35.7 Å². The second-order valence-corrected chi connectivity index (χ2v) is 8.74. The number of piperidine rings is 1. The molecule has 156 valence electrons. The third-order valence-corrected chi connectivity index (χ3v) is 6.69. The largest absolute Gasteiger partial charge is 0.468 e. The molecular weight excluding hydrogens is 505 g/mol. The first-order chi connectivity index (χ1) is 13.4. The highest BCUT2D eigenvalue weighted by molar-refractivity contribution is 14.0. The van der Waals surface area contributed by atoms with Gasteiger partial charge in [-0.1, -0.05) is 18.2 Å². The zero-order valence-electron chi connectivity index (χ0n) is 16.3. The van der Waals surface area contributed by atoms with Gasteiger partial charge in [-0.15, -0.1) is 35.3 Å². The third kappa shape index (κ3) is 7.57. The average Bonchev–Trinajstić information content (AvgIpc) is 3.41. The van der Waals surface area contributed by atoms with Gasteiger partial charge in [0.2, 0.25) is 0 Å². The van der Waals surface area contributed by atoms with Crippen LogP contribution in [0.1, 0.15) is 37.5 Å². The van der Waals surface area contributed by atoms with Crippen molar-refractivity contribution in [1.82, 2.24) is 20.5 Å². The Morgan fingerprint density at radius 3 is 2.89 bits per heavy atom. The summed E-state index contributed by atoms with van der Waals surface area (Å²) in [6, 6.07) is 4.30. The first-order valence-electron chi connectivity index (χ1n) is 9.61. The molecule has 2 N–H and O–H groups in total. The highest BCUT2D eigenvalue weighted by Crippen LogP contribution is 2.24. The molecule has 6 nitrogen and oxygen atoms in total. The zero-order chi connectivity index (χ0) is 18.7. The number of aromatic nitrogens is 1. The molecule has 3 rings (SSSR count). The molecule has 0 bridgehead atoms. The fourth-order valence-electron chi connectivity index (χ4n) is 3.25. The number of halogens is 1. The lowest BCUT2D eigenvalue weighted by atomic mass is 10.1. The Balaban J connectivity index is 0.00000280. The van der Waals surface area contributed by atoms with E-state index in [1.807, 2.05) is 36.5 Å². The van der Waals surface area contributed by atoms with Crippen molar-refractivity contribution in [2.75, 3.05) is 39.0 Å². The Bertz CT molecular complexity index is 660. The molecule has 1 atom stereocenters. The summed E-state index contributed by atoms with van der Waals surface area (Å²) in [4.78, 5) is 11.2. The highest BCUT2D eigenvalue weighted by Gasteiger charge is 2.24. The van der Waals surface area contributed by atoms with Crippen LogP contribution >= 0.6 is 47.1 Å². The van der Waals surface area contributed by atoms with E-state index in [1.165, 1.54) is 19.3 Å². The summed E-state index contributed by atoms with van der Waals surface area (Å²) in [6.07, 6.45) is 8.55. The van der Waals surface area contributed by atoms with Crippen molar-refractivity contribution in [3.8, 4) is 0 Å². The van der Waals surface area contributed by atoms with Crippen LogP contribution in [0.15, 0.2) is 43.7 Å². The molecule has 0 aromatic carbocycles. The number of nitrogens with zero attached hydrogens (tertiary/aromatic N) is 3. The van der Waals surface area contributed by atoms with Crippen LogP contribution in [-0.2, 0) is 0 Å². The molecule has 0 aliphatic carbocycles. The molecule has 0 radical (unpaired) electrons. The molecule has 0 amide bonds. The number of thioether (sulfide) groups is 1. The van der Waals surface area contributed by atoms with Gasteiger partial charge in [0.05, 0.1) is 12.3 Å². The van der Waals surface area contributed by atoms with Crippen molar-refractivity contribution >= 4 is 53.0 Å². The zero-order valence-corrected chi connectivity index (χ0v) is 20.3. The minimum atomic E-state index is 0. The highest BCUT2D eigenvalue weighted by atomic mass is 127. The fraction of sp³-hybridized carbons (Fsp3) is 0.579. The minimum Gasteiger partial charge on any atom is -0.468 e. The average molecular weight is 536 g/mol. The van der Waals surface area contributed by atoms with Gasteiger partial charge in [0.15, 0.2) is 5.96 Å². The fourth-order valence-corrected chi connectivity index (χ4v) is 4.90. The van der Waals surface area contributed by atoms with Gasteiger partial charge in [-0.3, -0.25) is 9.89 Å². The molecular formula is C19H30IN5OS2. The monoisotopic (exact) mass is 535 g/mol. The molecule has 0 saturated carbocycles. The van der Waals surface area contributed by atoms with E-state index in [9.17, 15) is 0 Å². The Hall–Kier alpha value is -0.780. The summed E-state index contributed by atoms with van der Waals surface area (Å²) in [7, 11) is 1.82. The second kappa shape index (κ2) is 13.4. The quantitative estimate of drug-likeness (QED) is 0.165. The lowest BCUT2D eigenvalue weighted by Gasteiger charge is -2.33. The molecule has 9 heteroatoms. The molecule has 0 spiro atoms. The molecule has 1 aliphatic rings. The summed E-state index contributed by atoms with van der Waals surface area (Å²) < 4.78 is 6.85. The Labute approximate surface area is 193 Å². The van der Waals surface area contributed by atoms with E-state index in [1.54, 1.807) is 17.6 Å². The molecule has 1 saturated heterocycles. The minimum absolute atomic E-state index is 0. The summed E-state index contributed by atoms with van der Waals surface area (Å²) >= 11 is 3.51. The molecule has 2 aromatic heterocycles.